The summed E-state index contributed by atoms with van der Waals surface area (Å²) in [6.07, 6.45) is 3.78. The average molecular weight is 384 g/mol. The van der Waals surface area contributed by atoms with Gasteiger partial charge in [-0.05, 0) is 55.3 Å². The zero-order valence-corrected chi connectivity index (χ0v) is 16.6. The van der Waals surface area contributed by atoms with Crippen LogP contribution in [0, 0.1) is 11.8 Å². The van der Waals surface area contributed by atoms with Gasteiger partial charge < -0.3 is 9.42 Å². The van der Waals surface area contributed by atoms with Crippen molar-refractivity contribution in [2.45, 2.75) is 39.5 Å². The number of nitrogens with zero attached hydrogens (tertiary/aromatic N) is 3. The maximum Gasteiger partial charge on any atom is 0.329 e. The maximum absolute atomic E-state index is 12.2. The number of piperidine rings is 1. The molecule has 28 heavy (non-hydrogen) atoms. The molecule has 3 amide bonds. The lowest BCUT2D eigenvalue weighted by molar-refractivity contribution is -0.120. The molecular weight excluding hydrogens is 356 g/mol. The first-order valence-corrected chi connectivity index (χ1v) is 10.2. The Hall–Kier alpha value is -2.41. The van der Waals surface area contributed by atoms with Gasteiger partial charge in [-0.25, -0.2) is 4.79 Å². The zero-order valence-electron chi connectivity index (χ0n) is 16.6. The molecule has 1 N–H and O–H groups in total. The maximum atomic E-state index is 12.2. The van der Waals surface area contributed by atoms with Crippen LogP contribution in [0.3, 0.4) is 0 Å². The van der Waals surface area contributed by atoms with Crippen molar-refractivity contribution in [1.82, 2.24) is 15.4 Å². The van der Waals surface area contributed by atoms with E-state index >= 15 is 0 Å². The Balaban J connectivity index is 1.51. The first-order chi connectivity index (χ1) is 13.5. The topological polar surface area (TPSA) is 78.7 Å². The van der Waals surface area contributed by atoms with E-state index in [4.69, 9.17) is 4.52 Å². The second-order valence-electron chi connectivity index (χ2n) is 8.46. The molecule has 1 unspecified atom stereocenters. The van der Waals surface area contributed by atoms with E-state index in [2.05, 4.69) is 41.4 Å². The van der Waals surface area contributed by atoms with E-state index in [1.54, 1.807) is 0 Å². The molecule has 2 fully saturated rings. The highest BCUT2D eigenvalue weighted by Crippen LogP contribution is 2.30. The second-order valence-corrected chi connectivity index (χ2v) is 8.46. The highest BCUT2D eigenvalue weighted by Gasteiger charge is 2.28. The van der Waals surface area contributed by atoms with Gasteiger partial charge >= 0.3 is 6.03 Å². The molecule has 1 aromatic heterocycles. The first kappa shape index (κ1) is 18.9. The Morgan fingerprint density at radius 1 is 1.29 bits per heavy atom. The van der Waals surface area contributed by atoms with Crippen molar-refractivity contribution in [3.63, 3.8) is 0 Å². The Bertz CT molecular complexity index is 876. The minimum atomic E-state index is -0.437. The molecule has 0 aliphatic carbocycles. The van der Waals surface area contributed by atoms with Gasteiger partial charge in [-0.1, -0.05) is 25.1 Å². The van der Waals surface area contributed by atoms with Gasteiger partial charge in [0.25, 0.3) is 0 Å². The third kappa shape index (κ3) is 4.04. The van der Waals surface area contributed by atoms with Crippen LogP contribution in [-0.2, 0) is 11.2 Å². The number of aromatic nitrogens is 1. The summed E-state index contributed by atoms with van der Waals surface area (Å²) in [5.41, 5.74) is 1.90. The van der Waals surface area contributed by atoms with Gasteiger partial charge in [0.05, 0.1) is 5.39 Å². The molecule has 7 nitrogen and oxygen atoms in total. The monoisotopic (exact) mass is 384 g/mol. The van der Waals surface area contributed by atoms with Gasteiger partial charge in [0.15, 0.2) is 11.4 Å². The minimum absolute atomic E-state index is 0.252. The van der Waals surface area contributed by atoms with Crippen LogP contribution in [0.5, 0.6) is 0 Å². The third-order valence-electron chi connectivity index (χ3n) is 5.58. The fourth-order valence-electron chi connectivity index (χ4n) is 4.39. The number of hydrogen-bond donors (Lipinski definition) is 1. The molecule has 3 heterocycles. The van der Waals surface area contributed by atoms with E-state index in [0.29, 0.717) is 29.8 Å². The van der Waals surface area contributed by atoms with Gasteiger partial charge in [-0.15, -0.1) is 0 Å². The predicted molar refractivity (Wildman–Crippen MR) is 107 cm³/mol. The number of carbonyl (C=O) groups is 2. The summed E-state index contributed by atoms with van der Waals surface area (Å²) in [5, 5.41) is 7.27. The number of rotatable bonds is 5. The van der Waals surface area contributed by atoms with Crippen LogP contribution in [0.15, 0.2) is 22.7 Å². The summed E-state index contributed by atoms with van der Waals surface area (Å²) in [7, 11) is 0. The number of likely N-dealkylation sites (tertiary alicyclic amines) is 1. The van der Waals surface area contributed by atoms with Gasteiger partial charge in [0.2, 0.25) is 5.91 Å². The van der Waals surface area contributed by atoms with Gasteiger partial charge in [0, 0.05) is 26.1 Å². The van der Waals surface area contributed by atoms with Crippen molar-refractivity contribution in [2.24, 2.45) is 11.8 Å². The van der Waals surface area contributed by atoms with E-state index in [9.17, 15) is 9.59 Å². The van der Waals surface area contributed by atoms with Crippen molar-refractivity contribution in [3.8, 4) is 0 Å². The lowest BCUT2D eigenvalue weighted by Gasteiger charge is -2.33. The van der Waals surface area contributed by atoms with Crippen molar-refractivity contribution < 1.29 is 14.1 Å². The molecule has 0 spiro atoms. The van der Waals surface area contributed by atoms with Crippen molar-refractivity contribution in [3.05, 3.63) is 23.8 Å². The molecule has 150 valence electrons. The molecule has 2 aliphatic rings. The lowest BCUT2D eigenvalue weighted by Crippen LogP contribution is -2.49. The molecule has 1 atom stereocenters. The Kier molecular flexibility index (Phi) is 5.35. The summed E-state index contributed by atoms with van der Waals surface area (Å²) in [6, 6.07) is 5.68. The molecule has 7 heteroatoms. The van der Waals surface area contributed by atoms with Crippen molar-refractivity contribution >= 4 is 28.7 Å². The Labute approximate surface area is 165 Å². The number of anilines is 1. The van der Waals surface area contributed by atoms with E-state index in [1.165, 1.54) is 29.8 Å². The summed E-state index contributed by atoms with van der Waals surface area (Å²) in [5.74, 6) is 1.58. The first-order valence-electron chi connectivity index (χ1n) is 10.2. The number of hydrogen-bond acceptors (Lipinski definition) is 5. The van der Waals surface area contributed by atoms with Crippen LogP contribution in [-0.4, -0.2) is 48.2 Å². The summed E-state index contributed by atoms with van der Waals surface area (Å²) in [6.45, 7) is 8.37. The number of fused-ring (bicyclic) bond motifs is 1. The largest absolute Gasteiger partial charge is 0.354 e. The molecule has 0 bridgehead atoms. The number of benzene rings is 1. The number of nitrogens with one attached hydrogen (secondary N) is 1. The van der Waals surface area contributed by atoms with E-state index in [1.807, 2.05) is 6.07 Å². The Morgan fingerprint density at radius 2 is 2.14 bits per heavy atom. The molecule has 2 aliphatic heterocycles. The highest BCUT2D eigenvalue weighted by atomic mass is 16.5. The number of urea groups is 1. The molecule has 0 saturated carbocycles. The molecule has 2 saturated heterocycles. The van der Waals surface area contributed by atoms with Crippen LogP contribution in [0.25, 0.3) is 11.0 Å². The molecule has 4 rings (SSSR count). The fourth-order valence-corrected chi connectivity index (χ4v) is 4.39. The Morgan fingerprint density at radius 3 is 2.93 bits per heavy atom. The summed E-state index contributed by atoms with van der Waals surface area (Å²) >= 11 is 0. The number of imide groups is 1. The van der Waals surface area contributed by atoms with E-state index < -0.39 is 6.03 Å². The third-order valence-corrected chi connectivity index (χ3v) is 5.58. The van der Waals surface area contributed by atoms with Crippen LogP contribution in [0.2, 0.25) is 0 Å². The van der Waals surface area contributed by atoms with Gasteiger partial charge in [-0.2, -0.15) is 0 Å². The minimum Gasteiger partial charge on any atom is -0.354 e. The predicted octanol–water partition coefficient (Wildman–Crippen LogP) is 3.18. The molecule has 0 radical (unpaired) electrons. The van der Waals surface area contributed by atoms with Crippen LogP contribution < -0.4 is 10.2 Å². The fraction of sp³-hybridized carbons (Fsp3) is 0.571. The smallest absolute Gasteiger partial charge is 0.329 e. The van der Waals surface area contributed by atoms with Crippen molar-refractivity contribution in [2.75, 3.05) is 31.1 Å². The van der Waals surface area contributed by atoms with Gasteiger partial charge in [0.1, 0.15) is 0 Å². The average Bonchev–Trinajstić information content (AvgIpc) is 3.04. The summed E-state index contributed by atoms with van der Waals surface area (Å²) < 4.78 is 5.42. The van der Waals surface area contributed by atoms with Crippen LogP contribution in [0.1, 0.15) is 38.7 Å². The van der Waals surface area contributed by atoms with Crippen LogP contribution >= 0.6 is 0 Å². The molecular formula is C21H28N4O3. The molecule has 2 aromatic rings. The lowest BCUT2D eigenvalue weighted by atomic mass is 9.90. The quantitative estimate of drug-likeness (QED) is 0.857. The summed E-state index contributed by atoms with van der Waals surface area (Å²) in [4.78, 5) is 27.7. The number of amides is 3. The highest BCUT2D eigenvalue weighted by molar-refractivity contribution is 6.08. The van der Waals surface area contributed by atoms with Crippen LogP contribution in [0.4, 0.5) is 10.6 Å². The standard InChI is InChI=1S/C21H28N4O3/c1-14(2)12-24-8-3-4-16(13-24)10-15-5-6-18-17(11-15)20(23-28-18)25-9-7-19(26)22-21(25)27/h5-6,11,14,16H,3-4,7-10,12-13H2,1-2H3,(H,22,26,27). The second kappa shape index (κ2) is 7.91. The van der Waals surface area contributed by atoms with Gasteiger partial charge in [-0.3, -0.25) is 15.0 Å². The number of carbonyl (C=O) groups excluding carboxylic acids is 2. The van der Waals surface area contributed by atoms with E-state index in [0.717, 1.165) is 24.9 Å². The SMILES string of the molecule is CC(C)CN1CCCC(Cc2ccc3onc(N4CCC(=O)NC4=O)c3c2)C1. The normalized spacial score (nSPS) is 21.5. The molecule has 1 aromatic carbocycles. The zero-order chi connectivity index (χ0) is 19.7. The van der Waals surface area contributed by atoms with E-state index in [-0.39, 0.29) is 12.3 Å². The van der Waals surface area contributed by atoms with Crippen molar-refractivity contribution in [1.29, 1.82) is 0 Å².